The Bertz CT molecular complexity index is 292. The van der Waals surface area contributed by atoms with Crippen LogP contribution < -0.4 is 11.3 Å². The zero-order chi connectivity index (χ0) is 8.27. The molecular weight excluding hydrogens is 142 g/mol. The first-order valence-electron chi connectivity index (χ1n) is 3.58. The Balaban J connectivity index is 2.99. The lowest BCUT2D eigenvalue weighted by Gasteiger charge is -1.97. The maximum absolute atomic E-state index is 10.8. The van der Waals surface area contributed by atoms with Gasteiger partial charge in [0.1, 0.15) is 11.6 Å². The average Bonchev–Trinajstić information content (AvgIpc) is 1.85. The molecule has 0 aromatic carbocycles. The lowest BCUT2D eigenvalue weighted by Crippen LogP contribution is -2.11. The average molecular weight is 153 g/mol. The van der Waals surface area contributed by atoms with Crippen LogP contribution >= 0.6 is 0 Å². The van der Waals surface area contributed by atoms with Gasteiger partial charge in [0, 0.05) is 12.5 Å². The van der Waals surface area contributed by atoms with Gasteiger partial charge in [-0.25, -0.2) is 4.98 Å². The molecule has 1 aromatic heterocycles. The number of nitrogens with one attached hydrogen (secondary N) is 1. The summed E-state index contributed by atoms with van der Waals surface area (Å²) in [6.07, 6.45) is 1.71. The van der Waals surface area contributed by atoms with E-state index in [2.05, 4.69) is 9.97 Å². The minimum Gasteiger partial charge on any atom is -0.383 e. The summed E-state index contributed by atoms with van der Waals surface area (Å²) in [5, 5.41) is 0. The number of nitrogens with zero attached hydrogens (tertiary/aromatic N) is 1. The molecule has 0 aliphatic carbocycles. The molecule has 0 amide bonds. The normalized spacial score (nSPS) is 9.91. The van der Waals surface area contributed by atoms with Gasteiger partial charge in [0.2, 0.25) is 0 Å². The first-order valence-corrected chi connectivity index (χ1v) is 3.58. The Kier molecular flexibility index (Phi) is 2.25. The molecule has 60 valence electrons. The Morgan fingerprint density at radius 3 is 3.00 bits per heavy atom. The van der Waals surface area contributed by atoms with E-state index in [-0.39, 0.29) is 11.4 Å². The lowest BCUT2D eigenvalue weighted by atomic mass is 10.3. The largest absolute Gasteiger partial charge is 0.383 e. The third-order valence-electron chi connectivity index (χ3n) is 1.30. The highest BCUT2D eigenvalue weighted by Gasteiger charge is 1.95. The fourth-order valence-corrected chi connectivity index (χ4v) is 0.884. The lowest BCUT2D eigenvalue weighted by molar-refractivity contribution is 0.828. The van der Waals surface area contributed by atoms with Crippen LogP contribution in [0.15, 0.2) is 10.9 Å². The van der Waals surface area contributed by atoms with Crippen molar-refractivity contribution in [1.82, 2.24) is 9.97 Å². The Hall–Kier alpha value is -1.32. The highest BCUT2D eigenvalue weighted by Crippen LogP contribution is 1.95. The number of aryl methyl sites for hydroxylation is 1. The van der Waals surface area contributed by atoms with E-state index >= 15 is 0 Å². The van der Waals surface area contributed by atoms with Gasteiger partial charge in [-0.3, -0.25) is 4.79 Å². The molecule has 0 radical (unpaired) electrons. The summed E-state index contributed by atoms with van der Waals surface area (Å²) in [6, 6.07) is 1.28. The number of anilines is 1. The van der Waals surface area contributed by atoms with Gasteiger partial charge in [-0.15, -0.1) is 0 Å². The molecule has 0 atom stereocenters. The monoisotopic (exact) mass is 153 g/mol. The summed E-state index contributed by atoms with van der Waals surface area (Å²) in [6.45, 7) is 2.02. The van der Waals surface area contributed by atoms with Crippen molar-refractivity contribution >= 4 is 5.82 Å². The number of nitrogens with two attached hydrogens (primary N) is 1. The van der Waals surface area contributed by atoms with E-state index in [9.17, 15) is 4.79 Å². The molecule has 11 heavy (non-hydrogen) atoms. The number of nitrogen functional groups attached to an aromatic ring is 1. The quantitative estimate of drug-likeness (QED) is 0.642. The van der Waals surface area contributed by atoms with Crippen LogP contribution in [-0.4, -0.2) is 9.97 Å². The van der Waals surface area contributed by atoms with Crippen molar-refractivity contribution < 1.29 is 0 Å². The first-order chi connectivity index (χ1) is 5.22. The van der Waals surface area contributed by atoms with Crippen LogP contribution in [-0.2, 0) is 6.42 Å². The predicted octanol–water partition coefficient (Wildman–Crippen LogP) is 0.305. The predicted molar refractivity (Wildman–Crippen MR) is 43.3 cm³/mol. The molecule has 0 aliphatic heterocycles. The fraction of sp³-hybridized carbons (Fsp3) is 0.429. The fourth-order valence-electron chi connectivity index (χ4n) is 0.884. The SMILES string of the molecule is CCCc1nc(N)cc(=O)[nH]1. The van der Waals surface area contributed by atoms with Gasteiger partial charge in [0.25, 0.3) is 5.56 Å². The Labute approximate surface area is 64.5 Å². The van der Waals surface area contributed by atoms with Crippen molar-refractivity contribution in [3.63, 3.8) is 0 Å². The summed E-state index contributed by atoms with van der Waals surface area (Å²) in [5.74, 6) is 0.953. The van der Waals surface area contributed by atoms with Crippen LogP contribution in [0.25, 0.3) is 0 Å². The van der Waals surface area contributed by atoms with Gasteiger partial charge in [-0.05, 0) is 6.42 Å². The zero-order valence-electron chi connectivity index (χ0n) is 6.42. The number of aromatic amines is 1. The number of H-pyrrole nitrogens is 1. The molecule has 1 rings (SSSR count). The van der Waals surface area contributed by atoms with E-state index in [1.165, 1.54) is 6.07 Å². The third-order valence-corrected chi connectivity index (χ3v) is 1.30. The maximum atomic E-state index is 10.8. The van der Waals surface area contributed by atoms with E-state index in [1.54, 1.807) is 0 Å². The van der Waals surface area contributed by atoms with Crippen molar-refractivity contribution in [3.8, 4) is 0 Å². The van der Waals surface area contributed by atoms with Gasteiger partial charge in [-0.1, -0.05) is 6.92 Å². The second kappa shape index (κ2) is 3.18. The van der Waals surface area contributed by atoms with Crippen LogP contribution in [0.2, 0.25) is 0 Å². The van der Waals surface area contributed by atoms with Crippen LogP contribution in [0, 0.1) is 0 Å². The number of hydrogen-bond donors (Lipinski definition) is 2. The van der Waals surface area contributed by atoms with Crippen LogP contribution in [0.1, 0.15) is 19.2 Å². The summed E-state index contributed by atoms with van der Waals surface area (Å²) in [7, 11) is 0. The number of aromatic nitrogens is 2. The van der Waals surface area contributed by atoms with Crippen molar-refractivity contribution in [1.29, 1.82) is 0 Å². The molecule has 0 spiro atoms. The Morgan fingerprint density at radius 1 is 1.73 bits per heavy atom. The molecule has 0 bridgehead atoms. The summed E-state index contributed by atoms with van der Waals surface area (Å²) >= 11 is 0. The van der Waals surface area contributed by atoms with Crippen LogP contribution in [0.4, 0.5) is 5.82 Å². The molecule has 4 heteroatoms. The van der Waals surface area contributed by atoms with Crippen LogP contribution in [0.5, 0.6) is 0 Å². The smallest absolute Gasteiger partial charge is 0.252 e. The highest BCUT2D eigenvalue weighted by atomic mass is 16.1. The minimum atomic E-state index is -0.180. The highest BCUT2D eigenvalue weighted by molar-refractivity contribution is 5.25. The third kappa shape index (κ3) is 2.07. The molecular formula is C7H11N3O. The van der Waals surface area contributed by atoms with Gasteiger partial charge in [0.05, 0.1) is 0 Å². The standard InChI is InChI=1S/C7H11N3O/c1-2-3-6-9-5(8)4-7(11)10-6/h4H,2-3H2,1H3,(H3,8,9,10,11). The first kappa shape index (κ1) is 7.78. The molecule has 1 aromatic rings. The summed E-state index contributed by atoms with van der Waals surface area (Å²) in [5.41, 5.74) is 5.18. The van der Waals surface area contributed by atoms with Crippen LogP contribution in [0.3, 0.4) is 0 Å². The molecule has 0 saturated carbocycles. The second-order valence-electron chi connectivity index (χ2n) is 2.37. The van der Waals surface area contributed by atoms with E-state index in [1.807, 2.05) is 6.92 Å². The van der Waals surface area contributed by atoms with Gasteiger partial charge in [-0.2, -0.15) is 0 Å². The molecule has 0 saturated heterocycles. The van der Waals surface area contributed by atoms with Gasteiger partial charge < -0.3 is 10.7 Å². The molecule has 1 heterocycles. The van der Waals surface area contributed by atoms with E-state index in [4.69, 9.17) is 5.73 Å². The van der Waals surface area contributed by atoms with E-state index < -0.39 is 0 Å². The van der Waals surface area contributed by atoms with Crippen molar-refractivity contribution in [2.75, 3.05) is 5.73 Å². The molecule has 4 nitrogen and oxygen atoms in total. The van der Waals surface area contributed by atoms with Crippen molar-refractivity contribution in [3.05, 3.63) is 22.2 Å². The topological polar surface area (TPSA) is 71.8 Å². The van der Waals surface area contributed by atoms with E-state index in [0.29, 0.717) is 5.82 Å². The molecule has 0 fully saturated rings. The summed E-state index contributed by atoms with van der Waals surface area (Å²) < 4.78 is 0. The van der Waals surface area contributed by atoms with E-state index in [0.717, 1.165) is 12.8 Å². The minimum absolute atomic E-state index is 0.180. The molecule has 3 N–H and O–H groups in total. The number of hydrogen-bond acceptors (Lipinski definition) is 3. The second-order valence-corrected chi connectivity index (χ2v) is 2.37. The number of rotatable bonds is 2. The van der Waals surface area contributed by atoms with Gasteiger partial charge in [0.15, 0.2) is 0 Å². The Morgan fingerprint density at radius 2 is 2.45 bits per heavy atom. The zero-order valence-corrected chi connectivity index (χ0v) is 6.42. The van der Waals surface area contributed by atoms with Crippen molar-refractivity contribution in [2.24, 2.45) is 0 Å². The molecule has 0 aliphatic rings. The summed E-state index contributed by atoms with van der Waals surface area (Å²) in [4.78, 5) is 17.4. The molecule has 0 unspecified atom stereocenters. The van der Waals surface area contributed by atoms with Gasteiger partial charge >= 0.3 is 0 Å². The van der Waals surface area contributed by atoms with Crippen molar-refractivity contribution in [2.45, 2.75) is 19.8 Å². The maximum Gasteiger partial charge on any atom is 0.252 e.